The van der Waals surface area contributed by atoms with E-state index >= 15 is 0 Å². The van der Waals surface area contributed by atoms with E-state index < -0.39 is 5.54 Å². The molecule has 0 unspecified atom stereocenters. The normalized spacial score (nSPS) is 11.4. The third-order valence-electron chi connectivity index (χ3n) is 2.26. The highest BCUT2D eigenvalue weighted by atomic mass is 35.5. The van der Waals surface area contributed by atoms with E-state index in [9.17, 15) is 4.79 Å². The second-order valence-corrected chi connectivity index (χ2v) is 5.09. The van der Waals surface area contributed by atoms with Gasteiger partial charge >= 0.3 is 0 Å². The van der Waals surface area contributed by atoms with E-state index in [4.69, 9.17) is 28.3 Å². The molecule has 0 atom stereocenters. The van der Waals surface area contributed by atoms with Gasteiger partial charge in [0.25, 0.3) is 5.91 Å². The highest BCUT2D eigenvalue weighted by Gasteiger charge is 2.22. The highest BCUT2D eigenvalue weighted by Crippen LogP contribution is 2.19. The molecule has 4 nitrogen and oxygen atoms in total. The van der Waals surface area contributed by atoms with E-state index in [2.05, 4.69) is 10.3 Å². The summed E-state index contributed by atoms with van der Waals surface area (Å²) in [7, 11) is 0. The Hall–Kier alpha value is -0.840. The van der Waals surface area contributed by atoms with Gasteiger partial charge in [0, 0.05) is 18.3 Å². The number of carbonyl (C=O) groups is 1. The van der Waals surface area contributed by atoms with Crippen LogP contribution in [-0.2, 0) is 0 Å². The van der Waals surface area contributed by atoms with E-state index in [1.54, 1.807) is 0 Å². The van der Waals surface area contributed by atoms with Crippen molar-refractivity contribution >= 4 is 29.1 Å². The maximum atomic E-state index is 11.9. The molecular weight excluding hydrogens is 263 g/mol. The average Bonchev–Trinajstić information content (AvgIpc) is 2.20. The molecule has 2 N–H and O–H groups in total. The lowest BCUT2D eigenvalue weighted by Crippen LogP contribution is -2.44. The number of nitrogens with one attached hydrogen (secondary N) is 1. The molecule has 0 aliphatic rings. The number of amides is 1. The molecule has 0 fully saturated rings. The largest absolute Gasteiger partial charge is 0.396 e. The van der Waals surface area contributed by atoms with Gasteiger partial charge in [-0.2, -0.15) is 0 Å². The van der Waals surface area contributed by atoms with Gasteiger partial charge in [0.15, 0.2) is 0 Å². The highest BCUT2D eigenvalue weighted by molar-refractivity contribution is 6.35. The summed E-state index contributed by atoms with van der Waals surface area (Å²) >= 11 is 11.6. The van der Waals surface area contributed by atoms with Crippen LogP contribution >= 0.6 is 23.2 Å². The predicted octanol–water partition coefficient (Wildman–Crippen LogP) is 2.28. The molecule has 1 heterocycles. The Labute approximate surface area is 110 Å². The van der Waals surface area contributed by atoms with Crippen LogP contribution in [-0.4, -0.2) is 28.1 Å². The fourth-order valence-electron chi connectivity index (χ4n) is 1.30. The lowest BCUT2D eigenvalue weighted by atomic mass is 10.0. The van der Waals surface area contributed by atoms with Crippen molar-refractivity contribution in [3.8, 4) is 0 Å². The molecule has 17 heavy (non-hydrogen) atoms. The van der Waals surface area contributed by atoms with Crippen LogP contribution in [0.3, 0.4) is 0 Å². The minimum Gasteiger partial charge on any atom is -0.396 e. The van der Waals surface area contributed by atoms with Gasteiger partial charge in [0.1, 0.15) is 5.15 Å². The zero-order chi connectivity index (χ0) is 13.1. The van der Waals surface area contributed by atoms with Crippen molar-refractivity contribution in [1.29, 1.82) is 0 Å². The Kier molecular flexibility index (Phi) is 4.74. The third kappa shape index (κ3) is 4.15. The molecule has 0 bridgehead atoms. The van der Waals surface area contributed by atoms with Crippen LogP contribution in [0.5, 0.6) is 0 Å². The number of aromatic nitrogens is 1. The first-order valence-corrected chi connectivity index (χ1v) is 5.86. The summed E-state index contributed by atoms with van der Waals surface area (Å²) in [6.07, 6.45) is 1.78. The summed E-state index contributed by atoms with van der Waals surface area (Å²) < 4.78 is 0. The minimum absolute atomic E-state index is 0.00187. The number of carbonyl (C=O) groups excluding carboxylic acids is 1. The molecule has 0 saturated carbocycles. The predicted molar refractivity (Wildman–Crippen MR) is 67.5 cm³/mol. The number of nitrogens with zero attached hydrogens (tertiary/aromatic N) is 1. The van der Waals surface area contributed by atoms with E-state index in [0.717, 1.165) is 0 Å². The molecular formula is C11H14Cl2N2O2. The Morgan fingerprint density at radius 1 is 1.53 bits per heavy atom. The van der Waals surface area contributed by atoms with Crippen LogP contribution in [0.15, 0.2) is 12.3 Å². The first-order valence-electron chi connectivity index (χ1n) is 5.10. The van der Waals surface area contributed by atoms with Gasteiger partial charge in [-0.1, -0.05) is 23.2 Å². The summed E-state index contributed by atoms with van der Waals surface area (Å²) in [5.74, 6) is -0.335. The molecule has 0 aliphatic carbocycles. The first-order chi connectivity index (χ1) is 7.85. The van der Waals surface area contributed by atoms with Gasteiger partial charge in [-0.25, -0.2) is 4.98 Å². The average molecular weight is 277 g/mol. The van der Waals surface area contributed by atoms with Gasteiger partial charge in [-0.05, 0) is 26.3 Å². The molecule has 1 amide bonds. The second kappa shape index (κ2) is 5.67. The number of halogens is 2. The monoisotopic (exact) mass is 276 g/mol. The smallest absolute Gasteiger partial charge is 0.253 e. The van der Waals surface area contributed by atoms with Crippen molar-refractivity contribution in [3.63, 3.8) is 0 Å². The molecule has 1 rings (SSSR count). The van der Waals surface area contributed by atoms with Crippen LogP contribution in [0, 0.1) is 0 Å². The number of aliphatic hydroxyl groups excluding tert-OH is 1. The van der Waals surface area contributed by atoms with Gasteiger partial charge in [0.05, 0.1) is 10.6 Å². The number of hydrogen-bond donors (Lipinski definition) is 2. The Morgan fingerprint density at radius 3 is 2.76 bits per heavy atom. The van der Waals surface area contributed by atoms with Crippen LogP contribution in [0.2, 0.25) is 10.2 Å². The molecule has 6 heteroatoms. The molecule has 0 saturated heterocycles. The number of hydrogen-bond acceptors (Lipinski definition) is 3. The van der Waals surface area contributed by atoms with E-state index in [0.29, 0.717) is 6.42 Å². The Balaban J connectivity index is 2.86. The van der Waals surface area contributed by atoms with E-state index in [1.165, 1.54) is 12.3 Å². The fourth-order valence-corrected chi connectivity index (χ4v) is 1.65. The maximum Gasteiger partial charge on any atom is 0.253 e. The third-order valence-corrected chi connectivity index (χ3v) is 2.76. The standard InChI is InChI=1S/C11H14Cl2N2O2/c1-11(2,3-4-16)15-10(17)7-5-9(13)14-6-8(7)12/h5-6,16H,3-4H2,1-2H3,(H,15,17). The van der Waals surface area contributed by atoms with Crippen molar-refractivity contribution in [2.45, 2.75) is 25.8 Å². The van der Waals surface area contributed by atoms with Crippen molar-refractivity contribution in [2.24, 2.45) is 0 Å². The lowest BCUT2D eigenvalue weighted by Gasteiger charge is -2.25. The molecule has 1 aromatic rings. The minimum atomic E-state index is -0.509. The topological polar surface area (TPSA) is 62.2 Å². The molecule has 0 aromatic carbocycles. The molecule has 94 valence electrons. The van der Waals surface area contributed by atoms with Crippen molar-refractivity contribution in [1.82, 2.24) is 10.3 Å². The summed E-state index contributed by atoms with van der Waals surface area (Å²) in [6.45, 7) is 3.63. The first kappa shape index (κ1) is 14.2. The molecule has 0 radical (unpaired) electrons. The SMILES string of the molecule is CC(C)(CCO)NC(=O)c1cc(Cl)ncc1Cl. The van der Waals surface area contributed by atoms with Crippen LogP contribution in [0.1, 0.15) is 30.6 Å². The zero-order valence-electron chi connectivity index (χ0n) is 9.63. The summed E-state index contributed by atoms with van der Waals surface area (Å²) in [6, 6.07) is 1.41. The summed E-state index contributed by atoms with van der Waals surface area (Å²) in [5.41, 5.74) is -0.233. The number of rotatable bonds is 4. The van der Waals surface area contributed by atoms with E-state index in [-0.39, 0.29) is 28.3 Å². The summed E-state index contributed by atoms with van der Waals surface area (Å²) in [5, 5.41) is 12.1. The van der Waals surface area contributed by atoms with Crippen molar-refractivity contribution < 1.29 is 9.90 Å². The van der Waals surface area contributed by atoms with Gasteiger partial charge < -0.3 is 10.4 Å². The number of aliphatic hydroxyl groups is 1. The van der Waals surface area contributed by atoms with Gasteiger partial charge in [-0.3, -0.25) is 4.79 Å². The van der Waals surface area contributed by atoms with Crippen LogP contribution in [0.25, 0.3) is 0 Å². The second-order valence-electron chi connectivity index (χ2n) is 4.30. The number of pyridine rings is 1. The lowest BCUT2D eigenvalue weighted by molar-refractivity contribution is 0.0899. The van der Waals surface area contributed by atoms with Crippen LogP contribution < -0.4 is 5.32 Å². The van der Waals surface area contributed by atoms with Gasteiger partial charge in [-0.15, -0.1) is 0 Å². The van der Waals surface area contributed by atoms with Crippen LogP contribution in [0.4, 0.5) is 0 Å². The summed E-state index contributed by atoms with van der Waals surface area (Å²) in [4.78, 5) is 15.7. The zero-order valence-corrected chi connectivity index (χ0v) is 11.1. The maximum absolute atomic E-state index is 11.9. The van der Waals surface area contributed by atoms with Crippen molar-refractivity contribution in [3.05, 3.63) is 28.0 Å². The fraction of sp³-hybridized carbons (Fsp3) is 0.455. The van der Waals surface area contributed by atoms with E-state index in [1.807, 2.05) is 13.8 Å². The Morgan fingerprint density at radius 2 is 2.18 bits per heavy atom. The molecule has 0 aliphatic heterocycles. The quantitative estimate of drug-likeness (QED) is 0.830. The van der Waals surface area contributed by atoms with Crippen molar-refractivity contribution in [2.75, 3.05) is 6.61 Å². The molecule has 1 aromatic heterocycles. The Bertz CT molecular complexity index is 422. The molecule has 0 spiro atoms. The van der Waals surface area contributed by atoms with Gasteiger partial charge in [0.2, 0.25) is 0 Å².